The fraction of sp³-hybridized carbons (Fsp3) is 0.733. The minimum atomic E-state index is 0.0510. The van der Waals surface area contributed by atoms with Crippen molar-refractivity contribution in [1.29, 1.82) is 0 Å². The third-order valence-electron chi connectivity index (χ3n) is 4.55. The normalized spacial score (nSPS) is 18.2. The molecule has 0 bridgehead atoms. The highest BCUT2D eigenvalue weighted by molar-refractivity contribution is 9.10. The molecule has 1 aromatic rings. The van der Waals surface area contributed by atoms with Gasteiger partial charge in [-0.05, 0) is 47.7 Å². The fourth-order valence-corrected chi connectivity index (χ4v) is 3.77. The number of aryl methyl sites for hydroxylation is 2. The number of hydrogen-bond acceptors (Lipinski definition) is 3. The van der Waals surface area contributed by atoms with Crippen molar-refractivity contribution in [2.24, 2.45) is 18.2 Å². The molecule has 1 aromatic heterocycles. The Balaban J connectivity index is 2.04. The van der Waals surface area contributed by atoms with Crippen molar-refractivity contribution >= 4 is 21.7 Å². The molecule has 4 nitrogen and oxygen atoms in total. The maximum absolute atomic E-state index is 12.4. The number of ketones is 1. The Morgan fingerprint density at radius 3 is 2.55 bits per heavy atom. The highest BCUT2D eigenvalue weighted by Gasteiger charge is 2.33. The van der Waals surface area contributed by atoms with Crippen LogP contribution in [0.4, 0.5) is 0 Å². The number of rotatable bonds is 5. The fourth-order valence-electron chi connectivity index (χ4n) is 3.29. The van der Waals surface area contributed by atoms with Crippen LogP contribution in [0.15, 0.2) is 4.47 Å². The Bertz CT molecular complexity index is 490. The average Bonchev–Trinajstić information content (AvgIpc) is 2.66. The van der Waals surface area contributed by atoms with E-state index in [-0.39, 0.29) is 11.2 Å². The van der Waals surface area contributed by atoms with E-state index >= 15 is 0 Å². The predicted octanol–water partition coefficient (Wildman–Crippen LogP) is 2.90. The van der Waals surface area contributed by atoms with E-state index in [1.165, 1.54) is 19.3 Å². The molecular formula is C15H24BrN3O. The van der Waals surface area contributed by atoms with E-state index in [2.05, 4.69) is 21.0 Å². The first-order valence-corrected chi connectivity index (χ1v) is 8.16. The molecule has 0 aromatic carbocycles. The van der Waals surface area contributed by atoms with Gasteiger partial charge in [0.2, 0.25) is 0 Å². The minimum Gasteiger partial charge on any atom is -0.330 e. The van der Waals surface area contributed by atoms with Crippen LogP contribution in [0.5, 0.6) is 0 Å². The Labute approximate surface area is 129 Å². The van der Waals surface area contributed by atoms with Crippen molar-refractivity contribution in [3.05, 3.63) is 15.9 Å². The van der Waals surface area contributed by atoms with Gasteiger partial charge >= 0.3 is 0 Å². The lowest BCUT2D eigenvalue weighted by Gasteiger charge is -2.35. The molecule has 0 atom stereocenters. The van der Waals surface area contributed by atoms with Crippen LogP contribution >= 0.6 is 15.9 Å². The van der Waals surface area contributed by atoms with Crippen LogP contribution in [0.2, 0.25) is 0 Å². The van der Waals surface area contributed by atoms with Crippen LogP contribution in [0, 0.1) is 12.3 Å². The molecule has 1 aliphatic carbocycles. The molecule has 1 fully saturated rings. The summed E-state index contributed by atoms with van der Waals surface area (Å²) < 4.78 is 2.76. The first kappa shape index (κ1) is 15.7. The molecule has 0 saturated heterocycles. The Kier molecular flexibility index (Phi) is 5.02. The van der Waals surface area contributed by atoms with Crippen molar-refractivity contribution in [2.45, 2.75) is 51.9 Å². The number of nitrogens with two attached hydrogens (primary N) is 1. The van der Waals surface area contributed by atoms with Crippen molar-refractivity contribution in [2.75, 3.05) is 6.54 Å². The summed E-state index contributed by atoms with van der Waals surface area (Å²) in [6.07, 6.45) is 6.95. The zero-order valence-corrected chi connectivity index (χ0v) is 14.0. The van der Waals surface area contributed by atoms with Gasteiger partial charge in [0.05, 0.1) is 15.9 Å². The quantitative estimate of drug-likeness (QED) is 0.895. The van der Waals surface area contributed by atoms with Crippen molar-refractivity contribution in [3.63, 3.8) is 0 Å². The van der Waals surface area contributed by atoms with Gasteiger partial charge in [0.1, 0.15) is 5.78 Å². The number of carbonyl (C=O) groups is 1. The first-order chi connectivity index (χ1) is 9.47. The zero-order chi connectivity index (χ0) is 14.8. The number of aromatic nitrogens is 2. The summed E-state index contributed by atoms with van der Waals surface area (Å²) in [5.41, 5.74) is 7.92. The van der Waals surface area contributed by atoms with E-state index in [1.54, 1.807) is 4.68 Å². The maximum Gasteiger partial charge on any atom is 0.139 e. The van der Waals surface area contributed by atoms with E-state index in [9.17, 15) is 4.79 Å². The summed E-state index contributed by atoms with van der Waals surface area (Å²) >= 11 is 3.52. The highest BCUT2D eigenvalue weighted by Crippen LogP contribution is 2.39. The van der Waals surface area contributed by atoms with E-state index in [0.29, 0.717) is 19.4 Å². The van der Waals surface area contributed by atoms with Gasteiger partial charge in [-0.2, -0.15) is 5.10 Å². The number of nitrogens with zero attached hydrogens (tertiary/aromatic N) is 2. The zero-order valence-electron chi connectivity index (χ0n) is 12.4. The summed E-state index contributed by atoms with van der Waals surface area (Å²) in [6, 6.07) is 0. The number of carbonyl (C=O) groups excluding carboxylic acids is 1. The molecule has 2 rings (SSSR count). The first-order valence-electron chi connectivity index (χ1n) is 7.37. The molecule has 112 valence electrons. The standard InChI is InChI=1S/C15H24BrN3O/c1-11-14(16)13(19(2)18-11)8-12(20)9-15(10-17)6-4-3-5-7-15/h3-10,17H2,1-2H3. The maximum atomic E-state index is 12.4. The van der Waals surface area contributed by atoms with E-state index in [4.69, 9.17) is 5.73 Å². The Morgan fingerprint density at radius 2 is 2.05 bits per heavy atom. The topological polar surface area (TPSA) is 60.9 Å². The average molecular weight is 342 g/mol. The molecule has 0 aliphatic heterocycles. The van der Waals surface area contributed by atoms with Gasteiger partial charge in [-0.3, -0.25) is 9.48 Å². The molecule has 0 amide bonds. The molecule has 0 spiro atoms. The summed E-state index contributed by atoms with van der Waals surface area (Å²) in [5.74, 6) is 0.279. The smallest absolute Gasteiger partial charge is 0.139 e. The largest absolute Gasteiger partial charge is 0.330 e. The van der Waals surface area contributed by atoms with Crippen molar-refractivity contribution in [3.8, 4) is 0 Å². The lowest BCUT2D eigenvalue weighted by atomic mass is 9.70. The van der Waals surface area contributed by atoms with E-state index in [0.717, 1.165) is 28.7 Å². The predicted molar refractivity (Wildman–Crippen MR) is 83.5 cm³/mol. The number of Topliss-reactive ketones (excluding diaryl/α,β-unsaturated/α-hetero) is 1. The Morgan fingerprint density at radius 1 is 1.40 bits per heavy atom. The summed E-state index contributed by atoms with van der Waals surface area (Å²) in [6.45, 7) is 2.57. The molecule has 1 saturated carbocycles. The van der Waals surface area contributed by atoms with Crippen LogP contribution < -0.4 is 5.73 Å². The second kappa shape index (κ2) is 6.39. The number of hydrogen-bond donors (Lipinski definition) is 1. The third-order valence-corrected chi connectivity index (χ3v) is 5.58. The monoisotopic (exact) mass is 341 g/mol. The lowest BCUT2D eigenvalue weighted by Crippen LogP contribution is -2.35. The summed E-state index contributed by atoms with van der Waals surface area (Å²) in [5, 5.41) is 4.34. The van der Waals surface area contributed by atoms with Gasteiger partial charge in [0.25, 0.3) is 0 Å². The highest BCUT2D eigenvalue weighted by atomic mass is 79.9. The van der Waals surface area contributed by atoms with Crippen LogP contribution in [0.1, 0.15) is 49.9 Å². The van der Waals surface area contributed by atoms with Crippen LogP contribution in [-0.2, 0) is 18.3 Å². The van der Waals surface area contributed by atoms with Crippen molar-refractivity contribution in [1.82, 2.24) is 9.78 Å². The van der Waals surface area contributed by atoms with E-state index in [1.807, 2.05) is 14.0 Å². The third kappa shape index (κ3) is 3.31. The molecule has 1 aliphatic rings. The summed E-state index contributed by atoms with van der Waals surface area (Å²) in [7, 11) is 1.89. The van der Waals surface area contributed by atoms with Gasteiger partial charge in [-0.25, -0.2) is 0 Å². The molecule has 0 radical (unpaired) electrons. The van der Waals surface area contributed by atoms with Gasteiger partial charge in [0, 0.05) is 19.9 Å². The van der Waals surface area contributed by atoms with Crippen LogP contribution in [0.25, 0.3) is 0 Å². The minimum absolute atomic E-state index is 0.0510. The van der Waals surface area contributed by atoms with Crippen LogP contribution in [-0.4, -0.2) is 22.1 Å². The lowest BCUT2D eigenvalue weighted by molar-refractivity contribution is -0.121. The second-order valence-corrected chi connectivity index (χ2v) is 6.92. The molecular weight excluding hydrogens is 318 g/mol. The molecule has 5 heteroatoms. The molecule has 0 unspecified atom stereocenters. The van der Waals surface area contributed by atoms with Crippen LogP contribution in [0.3, 0.4) is 0 Å². The van der Waals surface area contributed by atoms with Gasteiger partial charge in [-0.1, -0.05) is 19.3 Å². The van der Waals surface area contributed by atoms with E-state index < -0.39 is 0 Å². The molecule has 1 heterocycles. The molecule has 2 N–H and O–H groups in total. The van der Waals surface area contributed by atoms with Crippen molar-refractivity contribution < 1.29 is 4.79 Å². The summed E-state index contributed by atoms with van der Waals surface area (Å²) in [4.78, 5) is 12.4. The van der Waals surface area contributed by atoms with Gasteiger partial charge in [-0.15, -0.1) is 0 Å². The Hall–Kier alpha value is -0.680. The second-order valence-electron chi connectivity index (χ2n) is 6.13. The SMILES string of the molecule is Cc1nn(C)c(CC(=O)CC2(CN)CCCCC2)c1Br. The van der Waals surface area contributed by atoms with Gasteiger partial charge in [0.15, 0.2) is 0 Å². The van der Waals surface area contributed by atoms with Gasteiger partial charge < -0.3 is 5.73 Å². The molecule has 20 heavy (non-hydrogen) atoms. The number of halogens is 1.